The van der Waals surface area contributed by atoms with E-state index in [1.54, 1.807) is 0 Å². The van der Waals surface area contributed by atoms with Crippen LogP contribution in [-0.4, -0.2) is 53.4 Å². The Morgan fingerprint density at radius 1 is 0.812 bits per heavy atom. The van der Waals surface area contributed by atoms with E-state index in [2.05, 4.69) is 105 Å². The molecule has 2 aliphatic rings. The molecule has 0 bridgehead atoms. The van der Waals surface area contributed by atoms with Crippen molar-refractivity contribution in [1.29, 1.82) is 0 Å². The van der Waals surface area contributed by atoms with Crippen LogP contribution in [0.25, 0.3) is 4.47 Å². The summed E-state index contributed by atoms with van der Waals surface area (Å²) in [6.45, 7) is 2.19. The molecule has 1 aromatic carbocycles. The Kier molecular flexibility index (Phi) is 7.11. The van der Waals surface area contributed by atoms with Crippen LogP contribution in [0.3, 0.4) is 0 Å². The van der Waals surface area contributed by atoms with Gasteiger partial charge in [0.05, 0.1) is 0 Å². The van der Waals surface area contributed by atoms with Crippen molar-refractivity contribution < 1.29 is 29.8 Å². The minimum absolute atomic E-state index is 0.318. The molecule has 1 heterocycles. The SMILES string of the molecule is CC1=CC(=C2C=CC(=[N+](C)C)C=C2)[Se]C(c2ccc(N(C)C)cc2)=C1.F[P-](F)(F)(F)(F)F. The van der Waals surface area contributed by atoms with Crippen molar-refractivity contribution in [3.63, 3.8) is 0 Å². The van der Waals surface area contributed by atoms with Gasteiger partial charge in [0.1, 0.15) is 0 Å². The van der Waals surface area contributed by atoms with E-state index in [1.165, 1.54) is 37.1 Å². The van der Waals surface area contributed by atoms with E-state index in [1.807, 2.05) is 0 Å². The molecule has 0 N–H and O–H groups in total. The number of halogens is 6. The molecule has 0 atom stereocenters. The Morgan fingerprint density at radius 2 is 1.31 bits per heavy atom. The number of hydrogen-bond donors (Lipinski definition) is 0. The van der Waals surface area contributed by atoms with Gasteiger partial charge in [-0.2, -0.15) is 0 Å². The molecule has 1 aliphatic heterocycles. The Morgan fingerprint density at radius 3 is 1.75 bits per heavy atom. The van der Waals surface area contributed by atoms with E-state index in [0.717, 1.165) is 0 Å². The summed E-state index contributed by atoms with van der Waals surface area (Å²) in [5.41, 5.74) is 6.47. The van der Waals surface area contributed by atoms with Gasteiger partial charge < -0.3 is 0 Å². The van der Waals surface area contributed by atoms with Crippen LogP contribution in [-0.2, 0) is 0 Å². The number of benzene rings is 1. The fraction of sp³-hybridized carbons (Fsp3) is 0.227. The van der Waals surface area contributed by atoms with Gasteiger partial charge in [-0.25, -0.2) is 0 Å². The van der Waals surface area contributed by atoms with Crippen LogP contribution in [0.5, 0.6) is 0 Å². The van der Waals surface area contributed by atoms with Gasteiger partial charge in [-0.15, -0.1) is 0 Å². The molecular formula is C22H25F6N2PSe. The average molecular weight is 541 g/mol. The maximum absolute atomic E-state index is 10.7. The first-order valence-electron chi connectivity index (χ1n) is 9.46. The molecule has 1 aromatic rings. The normalized spacial score (nSPS) is 18.2. The van der Waals surface area contributed by atoms with Crippen molar-refractivity contribution in [1.82, 2.24) is 0 Å². The van der Waals surface area contributed by atoms with Crippen molar-refractivity contribution >= 4 is 38.6 Å². The molecule has 0 spiro atoms. The van der Waals surface area contributed by atoms with Crippen molar-refractivity contribution in [2.75, 3.05) is 33.1 Å². The Labute approximate surface area is 190 Å². The fourth-order valence-electron chi connectivity index (χ4n) is 2.76. The van der Waals surface area contributed by atoms with E-state index in [-0.39, 0.29) is 0 Å². The van der Waals surface area contributed by atoms with Gasteiger partial charge in [-0.05, 0) is 0 Å². The summed E-state index contributed by atoms with van der Waals surface area (Å²) in [6.07, 6.45) is 13.6. The summed E-state index contributed by atoms with van der Waals surface area (Å²) in [5, 5.41) is 0. The molecule has 0 aromatic heterocycles. The van der Waals surface area contributed by atoms with Gasteiger partial charge >= 0.3 is 190 Å². The number of anilines is 1. The Bertz CT molecular complexity index is 1040. The van der Waals surface area contributed by atoms with Gasteiger partial charge in [0.15, 0.2) is 0 Å². The van der Waals surface area contributed by atoms with Gasteiger partial charge in [0, 0.05) is 0 Å². The van der Waals surface area contributed by atoms with Crippen LogP contribution in [0.1, 0.15) is 12.5 Å². The second-order valence-electron chi connectivity index (χ2n) is 7.70. The fourth-order valence-corrected chi connectivity index (χ4v) is 5.35. The van der Waals surface area contributed by atoms with Crippen molar-refractivity contribution in [2.45, 2.75) is 6.92 Å². The molecule has 0 amide bonds. The van der Waals surface area contributed by atoms with Crippen molar-refractivity contribution in [2.24, 2.45) is 0 Å². The maximum atomic E-state index is 9.87. The third-order valence-electron chi connectivity index (χ3n) is 4.27. The molecular weight excluding hydrogens is 516 g/mol. The van der Waals surface area contributed by atoms with E-state index in [9.17, 15) is 25.2 Å². The quantitative estimate of drug-likeness (QED) is 0.166. The van der Waals surface area contributed by atoms with Crippen molar-refractivity contribution in [3.05, 3.63) is 81.9 Å². The molecule has 0 fully saturated rings. The summed E-state index contributed by atoms with van der Waals surface area (Å²) in [5.74, 6) is 0. The monoisotopic (exact) mass is 542 g/mol. The van der Waals surface area contributed by atoms with Gasteiger partial charge in [-0.3, -0.25) is 0 Å². The Hall–Kier alpha value is -2.08. The first kappa shape index (κ1) is 26.2. The van der Waals surface area contributed by atoms with Gasteiger partial charge in [0.25, 0.3) is 0 Å². The first-order valence-corrected chi connectivity index (χ1v) is 13.2. The first-order chi connectivity index (χ1) is 14.4. The standard InChI is InChI=1S/C22H25N2Se.F6P/c1-16-14-21(17-6-10-19(11-7-17)23(2)3)25-22(15-16)18-8-12-20(13-9-18)24(4)5;1-7(2,3,4,5)6/h6-15H,1-5H3;/q+1;-1. The molecule has 32 heavy (non-hydrogen) atoms. The second kappa shape index (κ2) is 8.69. The zero-order valence-corrected chi connectivity index (χ0v) is 20.9. The van der Waals surface area contributed by atoms with Gasteiger partial charge in [0.2, 0.25) is 0 Å². The number of rotatable bonds is 2. The van der Waals surface area contributed by atoms with E-state index < -0.39 is 7.81 Å². The third kappa shape index (κ3) is 9.60. The average Bonchev–Trinajstić information content (AvgIpc) is 2.65. The summed E-state index contributed by atoms with van der Waals surface area (Å²) in [7, 11) is -2.34. The van der Waals surface area contributed by atoms with Gasteiger partial charge in [-0.1, -0.05) is 0 Å². The molecule has 1 aliphatic carbocycles. The molecule has 10 heteroatoms. The third-order valence-corrected chi connectivity index (χ3v) is 6.68. The molecule has 2 nitrogen and oxygen atoms in total. The van der Waals surface area contributed by atoms with Crippen LogP contribution in [0.2, 0.25) is 0 Å². The molecule has 0 unspecified atom stereocenters. The number of hydrogen-bond acceptors (Lipinski definition) is 1. The number of nitrogens with zero attached hydrogens (tertiary/aromatic N) is 2. The van der Waals surface area contributed by atoms with Crippen LogP contribution < -0.4 is 4.90 Å². The Balaban J connectivity index is 0.000000451. The molecule has 3 rings (SSSR count). The van der Waals surface area contributed by atoms with E-state index >= 15 is 0 Å². The predicted octanol–water partition coefficient (Wildman–Crippen LogP) is 7.23. The molecule has 176 valence electrons. The summed E-state index contributed by atoms with van der Waals surface area (Å²) >= 11 is 0.318. The van der Waals surface area contributed by atoms with Crippen molar-refractivity contribution in [3.8, 4) is 0 Å². The van der Waals surface area contributed by atoms with Crippen LogP contribution in [0.15, 0.2) is 76.3 Å². The van der Waals surface area contributed by atoms with E-state index in [4.69, 9.17) is 0 Å². The topological polar surface area (TPSA) is 6.25 Å². The second-order valence-corrected chi connectivity index (χ2v) is 11.9. The molecule has 0 radical (unpaired) electrons. The molecule has 0 saturated carbocycles. The summed E-state index contributed by atoms with van der Waals surface area (Å²) < 4.78 is 64.2. The molecule has 0 saturated heterocycles. The van der Waals surface area contributed by atoms with E-state index in [0.29, 0.717) is 15.0 Å². The predicted molar refractivity (Wildman–Crippen MR) is 124 cm³/mol. The zero-order chi connectivity index (χ0) is 24.4. The minimum atomic E-state index is -10.7. The number of allylic oxidation sites excluding steroid dienone is 9. The van der Waals surface area contributed by atoms with Crippen LogP contribution >= 0.6 is 7.81 Å². The van der Waals surface area contributed by atoms with Crippen LogP contribution in [0.4, 0.5) is 30.9 Å². The zero-order valence-electron chi connectivity index (χ0n) is 18.3. The summed E-state index contributed by atoms with van der Waals surface area (Å²) in [6, 6.07) is 8.89. The van der Waals surface area contributed by atoms with Crippen LogP contribution in [0, 0.1) is 0 Å². The summed E-state index contributed by atoms with van der Waals surface area (Å²) in [4.78, 5) is 2.14.